The van der Waals surface area contributed by atoms with Crippen LogP contribution in [0, 0.1) is 20.8 Å². The van der Waals surface area contributed by atoms with Gasteiger partial charge in [-0.05, 0) is 92.8 Å². The van der Waals surface area contributed by atoms with Crippen molar-refractivity contribution >= 4 is 12.0 Å². The predicted molar refractivity (Wildman–Crippen MR) is 130 cm³/mol. The second-order valence-corrected chi connectivity index (χ2v) is 7.99. The van der Waals surface area contributed by atoms with Crippen LogP contribution in [0.3, 0.4) is 0 Å². The van der Waals surface area contributed by atoms with Crippen LogP contribution in [-0.4, -0.2) is 13.1 Å². The number of esters is 1. The van der Waals surface area contributed by atoms with Crippen molar-refractivity contribution < 1.29 is 27.4 Å². The van der Waals surface area contributed by atoms with E-state index in [1.807, 2.05) is 45.1 Å². The topological polar surface area (TPSA) is 35.5 Å². The molecular formula is C28H29F3O3. The molecule has 0 heterocycles. The summed E-state index contributed by atoms with van der Waals surface area (Å²) in [6.07, 6.45) is 6.41. The Morgan fingerprint density at radius 1 is 0.941 bits per heavy atom. The number of ether oxygens (including phenoxy) is 2. The number of hydrogen-bond acceptors (Lipinski definition) is 3. The number of aryl methyl sites for hydroxylation is 1. The third kappa shape index (κ3) is 7.51. The summed E-state index contributed by atoms with van der Waals surface area (Å²) < 4.78 is 48.3. The Kier molecular flexibility index (Phi) is 9.07. The quantitative estimate of drug-likeness (QED) is 0.180. The molecule has 0 atom stereocenters. The van der Waals surface area contributed by atoms with Crippen LogP contribution in [-0.2, 0) is 11.0 Å². The second kappa shape index (κ2) is 11.5. The van der Waals surface area contributed by atoms with Crippen LogP contribution in [0.5, 0.6) is 11.5 Å². The smallest absolute Gasteiger partial charge is 0.416 e. The van der Waals surface area contributed by atoms with Gasteiger partial charge >= 0.3 is 12.1 Å². The number of allylic oxidation sites excluding steroid dienone is 6. The number of carbonyl (C=O) groups excluding carboxylic acids is 1. The van der Waals surface area contributed by atoms with Gasteiger partial charge in [-0.1, -0.05) is 36.0 Å². The highest BCUT2D eigenvalue weighted by Crippen LogP contribution is 2.30. The minimum absolute atomic E-state index is 0.0475. The number of alkyl halides is 3. The molecule has 0 unspecified atom stereocenters. The molecule has 2 aromatic carbocycles. The van der Waals surface area contributed by atoms with Crippen LogP contribution in [0.15, 0.2) is 71.9 Å². The monoisotopic (exact) mass is 470 g/mol. The number of hydrogen-bond donors (Lipinski definition) is 0. The molecule has 0 fully saturated rings. The Morgan fingerprint density at radius 2 is 1.59 bits per heavy atom. The zero-order valence-electron chi connectivity index (χ0n) is 20.2. The van der Waals surface area contributed by atoms with Gasteiger partial charge < -0.3 is 9.47 Å². The molecule has 0 aliphatic carbocycles. The molecule has 0 bridgehead atoms. The molecule has 2 rings (SSSR count). The lowest BCUT2D eigenvalue weighted by Crippen LogP contribution is -2.07. The highest BCUT2D eigenvalue weighted by molar-refractivity contribution is 5.85. The normalized spacial score (nSPS) is 13.1. The maximum absolute atomic E-state index is 12.6. The van der Waals surface area contributed by atoms with E-state index in [0.29, 0.717) is 5.57 Å². The van der Waals surface area contributed by atoms with Crippen molar-refractivity contribution in [1.29, 1.82) is 0 Å². The van der Waals surface area contributed by atoms with E-state index in [1.165, 1.54) is 11.6 Å². The molecular weight excluding hydrogens is 441 g/mol. The van der Waals surface area contributed by atoms with Crippen molar-refractivity contribution in [2.24, 2.45) is 0 Å². The first-order valence-electron chi connectivity index (χ1n) is 10.7. The maximum atomic E-state index is 12.6. The molecule has 0 aromatic heterocycles. The van der Waals surface area contributed by atoms with Crippen molar-refractivity contribution in [3.63, 3.8) is 0 Å². The molecule has 2 aromatic rings. The fraction of sp³-hybridized carbons (Fsp3) is 0.250. The highest BCUT2D eigenvalue weighted by atomic mass is 19.4. The minimum Gasteiger partial charge on any atom is -0.496 e. The van der Waals surface area contributed by atoms with E-state index in [1.54, 1.807) is 20.1 Å². The van der Waals surface area contributed by atoms with Crippen LogP contribution in [0.4, 0.5) is 13.2 Å². The number of methoxy groups -OCH3 is 1. The van der Waals surface area contributed by atoms with E-state index >= 15 is 0 Å². The molecule has 0 radical (unpaired) electrons. The van der Waals surface area contributed by atoms with Crippen molar-refractivity contribution in [2.75, 3.05) is 7.11 Å². The lowest BCUT2D eigenvalue weighted by atomic mass is 9.96. The van der Waals surface area contributed by atoms with E-state index in [9.17, 15) is 18.0 Å². The van der Waals surface area contributed by atoms with Crippen molar-refractivity contribution in [3.05, 3.63) is 99.7 Å². The van der Waals surface area contributed by atoms with Crippen LogP contribution >= 0.6 is 0 Å². The van der Waals surface area contributed by atoms with Gasteiger partial charge in [0.05, 0.1) is 12.7 Å². The van der Waals surface area contributed by atoms with Gasteiger partial charge in [0.25, 0.3) is 0 Å². The van der Waals surface area contributed by atoms with Crippen molar-refractivity contribution in [3.8, 4) is 11.5 Å². The first kappa shape index (κ1) is 26.7. The molecule has 0 spiro atoms. The molecule has 0 aliphatic rings. The average molecular weight is 471 g/mol. The van der Waals surface area contributed by atoms with Crippen LogP contribution in [0.25, 0.3) is 6.08 Å². The molecule has 34 heavy (non-hydrogen) atoms. The summed E-state index contributed by atoms with van der Waals surface area (Å²) in [5.74, 6) is 0.260. The highest BCUT2D eigenvalue weighted by Gasteiger charge is 2.30. The number of carbonyl (C=O) groups is 1. The van der Waals surface area contributed by atoms with E-state index in [2.05, 4.69) is 13.0 Å². The summed E-state index contributed by atoms with van der Waals surface area (Å²) in [6.45, 7) is 9.86. The number of rotatable bonds is 7. The molecule has 0 saturated heterocycles. The summed E-state index contributed by atoms with van der Waals surface area (Å²) >= 11 is 0. The molecule has 180 valence electrons. The number of benzene rings is 2. The first-order valence-corrected chi connectivity index (χ1v) is 10.7. The summed E-state index contributed by atoms with van der Waals surface area (Å²) in [6, 6.07) is 6.00. The third-order valence-corrected chi connectivity index (χ3v) is 5.31. The Balaban J connectivity index is 2.01. The fourth-order valence-corrected chi connectivity index (χ4v) is 3.25. The first-order chi connectivity index (χ1) is 15.9. The SMILES string of the molecule is COc1cc(C)c(/C=C/C(C)=C/C=C/C(C)=C/C(=O)Oc2ccc(C(F)(F)F)cc2)c(C)c1C. The standard InChI is InChI=1S/C28H29F3O3/c1-18(10-15-25-20(3)17-26(33-6)22(5)21(25)4)8-7-9-19(2)16-27(32)34-24-13-11-23(12-14-24)28(29,30)31/h7-17H,1-6H3/b9-7+,15-10+,18-8+,19-16+. The Morgan fingerprint density at radius 3 is 2.18 bits per heavy atom. The average Bonchev–Trinajstić information content (AvgIpc) is 2.75. The van der Waals surface area contributed by atoms with E-state index in [0.717, 1.165) is 52.3 Å². The molecule has 6 heteroatoms. The summed E-state index contributed by atoms with van der Waals surface area (Å²) in [4.78, 5) is 12.0. The molecule has 3 nitrogen and oxygen atoms in total. The number of halogens is 3. The third-order valence-electron chi connectivity index (χ3n) is 5.31. The lowest BCUT2D eigenvalue weighted by molar-refractivity contribution is -0.137. The molecule has 0 saturated carbocycles. The van der Waals surface area contributed by atoms with Crippen molar-refractivity contribution in [1.82, 2.24) is 0 Å². The van der Waals surface area contributed by atoms with Gasteiger partial charge in [0.1, 0.15) is 11.5 Å². The lowest BCUT2D eigenvalue weighted by Gasteiger charge is -2.13. The summed E-state index contributed by atoms with van der Waals surface area (Å²) in [5, 5.41) is 0. The van der Waals surface area contributed by atoms with Crippen molar-refractivity contribution in [2.45, 2.75) is 40.8 Å². The van der Waals surface area contributed by atoms with E-state index < -0.39 is 17.7 Å². The van der Waals surface area contributed by atoms with Gasteiger partial charge in [-0.15, -0.1) is 0 Å². The summed E-state index contributed by atoms with van der Waals surface area (Å²) in [5.41, 5.74) is 5.42. The van der Waals surface area contributed by atoms with E-state index in [4.69, 9.17) is 9.47 Å². The maximum Gasteiger partial charge on any atom is 0.416 e. The second-order valence-electron chi connectivity index (χ2n) is 7.99. The largest absolute Gasteiger partial charge is 0.496 e. The van der Waals surface area contributed by atoms with Gasteiger partial charge in [0, 0.05) is 6.08 Å². The Hall–Kier alpha value is -3.54. The van der Waals surface area contributed by atoms with Gasteiger partial charge in [-0.25, -0.2) is 4.79 Å². The van der Waals surface area contributed by atoms with E-state index in [-0.39, 0.29) is 5.75 Å². The minimum atomic E-state index is -4.43. The summed E-state index contributed by atoms with van der Waals surface area (Å²) in [7, 11) is 1.67. The Bertz CT molecular complexity index is 1150. The Labute approximate surface area is 198 Å². The molecule has 0 aliphatic heterocycles. The fourth-order valence-electron chi connectivity index (χ4n) is 3.25. The van der Waals surface area contributed by atoms with Crippen LogP contribution < -0.4 is 9.47 Å². The zero-order chi connectivity index (χ0) is 25.5. The van der Waals surface area contributed by atoms with Gasteiger partial charge in [0.2, 0.25) is 0 Å². The zero-order valence-corrected chi connectivity index (χ0v) is 20.2. The van der Waals surface area contributed by atoms with Gasteiger partial charge in [-0.3, -0.25) is 0 Å². The van der Waals surface area contributed by atoms with Gasteiger partial charge in [-0.2, -0.15) is 13.2 Å². The predicted octanol–water partition coefficient (Wildman–Crippen LogP) is 7.71. The molecule has 0 N–H and O–H groups in total. The van der Waals surface area contributed by atoms with Crippen LogP contribution in [0.1, 0.15) is 41.7 Å². The van der Waals surface area contributed by atoms with Crippen LogP contribution in [0.2, 0.25) is 0 Å². The van der Waals surface area contributed by atoms with Gasteiger partial charge in [0.15, 0.2) is 0 Å². The molecule has 0 amide bonds.